The summed E-state index contributed by atoms with van der Waals surface area (Å²) in [6.07, 6.45) is 0. The third-order valence-electron chi connectivity index (χ3n) is 3.25. The predicted octanol–water partition coefficient (Wildman–Crippen LogP) is 3.25. The van der Waals surface area contributed by atoms with Gasteiger partial charge >= 0.3 is 5.97 Å². The highest BCUT2D eigenvalue weighted by Gasteiger charge is 2.16. The first kappa shape index (κ1) is 13.8. The quantitative estimate of drug-likeness (QED) is 0.898. The summed E-state index contributed by atoms with van der Waals surface area (Å²) in [5, 5.41) is 11.9. The highest BCUT2D eigenvalue weighted by atomic mass is 16.4. The van der Waals surface area contributed by atoms with Crippen LogP contribution in [0, 0.1) is 13.8 Å². The van der Waals surface area contributed by atoms with Gasteiger partial charge in [-0.3, -0.25) is 4.79 Å². The van der Waals surface area contributed by atoms with E-state index in [9.17, 15) is 9.59 Å². The van der Waals surface area contributed by atoms with Crippen molar-refractivity contribution < 1.29 is 14.7 Å². The molecule has 0 radical (unpaired) electrons. The van der Waals surface area contributed by atoms with E-state index in [1.807, 2.05) is 26.0 Å². The van der Waals surface area contributed by atoms with Gasteiger partial charge in [-0.2, -0.15) is 0 Å². The van der Waals surface area contributed by atoms with Crippen LogP contribution in [-0.2, 0) is 0 Å². The molecule has 1 amide bonds. The third-order valence-corrected chi connectivity index (χ3v) is 3.25. The molecule has 0 saturated heterocycles. The lowest BCUT2D eigenvalue weighted by atomic mass is 10.1. The van der Waals surface area contributed by atoms with Gasteiger partial charge in [-0.25, -0.2) is 4.79 Å². The molecule has 20 heavy (non-hydrogen) atoms. The van der Waals surface area contributed by atoms with E-state index >= 15 is 0 Å². The second kappa shape index (κ2) is 5.57. The Kier molecular flexibility index (Phi) is 3.84. The van der Waals surface area contributed by atoms with Crippen LogP contribution in [0.2, 0.25) is 0 Å². The highest BCUT2D eigenvalue weighted by Crippen LogP contribution is 2.19. The first-order chi connectivity index (χ1) is 9.50. The minimum Gasteiger partial charge on any atom is -0.478 e. The van der Waals surface area contributed by atoms with E-state index < -0.39 is 11.9 Å². The molecule has 0 atom stereocenters. The van der Waals surface area contributed by atoms with Gasteiger partial charge in [0.2, 0.25) is 0 Å². The Morgan fingerprint density at radius 1 is 0.950 bits per heavy atom. The van der Waals surface area contributed by atoms with Crippen molar-refractivity contribution >= 4 is 17.6 Å². The Labute approximate surface area is 117 Å². The number of nitrogens with one attached hydrogen (secondary N) is 1. The topological polar surface area (TPSA) is 66.4 Å². The normalized spacial score (nSPS) is 10.1. The van der Waals surface area contributed by atoms with Crippen LogP contribution < -0.4 is 5.32 Å². The number of amides is 1. The van der Waals surface area contributed by atoms with Crippen molar-refractivity contribution in [3.8, 4) is 0 Å². The number of hydrogen-bond acceptors (Lipinski definition) is 2. The minimum absolute atomic E-state index is 0.00435. The molecule has 4 nitrogen and oxygen atoms in total. The van der Waals surface area contributed by atoms with Crippen molar-refractivity contribution in [3.63, 3.8) is 0 Å². The van der Waals surface area contributed by atoms with Gasteiger partial charge in [0.25, 0.3) is 5.91 Å². The van der Waals surface area contributed by atoms with Crippen LogP contribution in [0.4, 0.5) is 5.69 Å². The van der Waals surface area contributed by atoms with Crippen LogP contribution >= 0.6 is 0 Å². The van der Waals surface area contributed by atoms with Gasteiger partial charge in [-0.1, -0.05) is 24.3 Å². The second-order valence-corrected chi connectivity index (χ2v) is 4.55. The highest BCUT2D eigenvalue weighted by molar-refractivity contribution is 6.10. The molecule has 4 heteroatoms. The predicted molar refractivity (Wildman–Crippen MR) is 77.3 cm³/mol. The number of benzene rings is 2. The molecule has 0 unspecified atom stereocenters. The molecule has 0 spiro atoms. The lowest BCUT2D eigenvalue weighted by molar-refractivity contribution is 0.0692. The summed E-state index contributed by atoms with van der Waals surface area (Å²) in [5.74, 6) is -1.53. The first-order valence-corrected chi connectivity index (χ1v) is 6.20. The number of aromatic carboxylic acids is 1. The van der Waals surface area contributed by atoms with Crippen LogP contribution in [0.15, 0.2) is 42.5 Å². The van der Waals surface area contributed by atoms with Gasteiger partial charge in [0, 0.05) is 5.69 Å². The Hall–Kier alpha value is -2.62. The van der Waals surface area contributed by atoms with E-state index in [1.165, 1.54) is 12.1 Å². The summed E-state index contributed by atoms with van der Waals surface area (Å²) in [7, 11) is 0. The monoisotopic (exact) mass is 269 g/mol. The minimum atomic E-state index is -1.11. The Morgan fingerprint density at radius 2 is 1.60 bits per heavy atom. The number of carboxylic acid groups (broad SMARTS) is 1. The van der Waals surface area contributed by atoms with Gasteiger partial charge in [0.05, 0.1) is 11.1 Å². The fourth-order valence-corrected chi connectivity index (χ4v) is 1.94. The Bertz CT molecular complexity index is 677. The molecule has 0 saturated carbocycles. The molecular formula is C16H15NO3. The average molecular weight is 269 g/mol. The maximum Gasteiger partial charge on any atom is 0.336 e. The smallest absolute Gasteiger partial charge is 0.336 e. The fourth-order valence-electron chi connectivity index (χ4n) is 1.94. The standard InChI is InChI=1S/C16H15NO3/c1-10-6-5-9-14(11(10)2)17-15(18)12-7-3-4-8-13(12)16(19)20/h3-9H,1-2H3,(H,17,18)(H,19,20). The van der Waals surface area contributed by atoms with Crippen LogP contribution in [0.5, 0.6) is 0 Å². The maximum absolute atomic E-state index is 12.2. The van der Waals surface area contributed by atoms with Crippen molar-refractivity contribution in [2.24, 2.45) is 0 Å². The van der Waals surface area contributed by atoms with E-state index in [0.717, 1.165) is 11.1 Å². The van der Waals surface area contributed by atoms with Crippen molar-refractivity contribution in [2.75, 3.05) is 5.32 Å². The van der Waals surface area contributed by atoms with Gasteiger partial charge in [0.1, 0.15) is 0 Å². The van der Waals surface area contributed by atoms with E-state index in [-0.39, 0.29) is 11.1 Å². The Morgan fingerprint density at radius 3 is 2.25 bits per heavy atom. The molecule has 0 heterocycles. The molecule has 0 aromatic heterocycles. The van der Waals surface area contributed by atoms with E-state index in [4.69, 9.17) is 5.11 Å². The SMILES string of the molecule is Cc1cccc(NC(=O)c2ccccc2C(=O)O)c1C. The lowest BCUT2D eigenvalue weighted by Gasteiger charge is -2.11. The van der Waals surface area contributed by atoms with Gasteiger partial charge in [0.15, 0.2) is 0 Å². The molecule has 0 aliphatic carbocycles. The molecule has 2 aromatic rings. The number of carbonyl (C=O) groups excluding carboxylic acids is 1. The average Bonchev–Trinajstić information content (AvgIpc) is 2.43. The number of aryl methyl sites for hydroxylation is 1. The third kappa shape index (κ3) is 2.69. The van der Waals surface area contributed by atoms with Gasteiger partial charge in [-0.15, -0.1) is 0 Å². The zero-order chi connectivity index (χ0) is 14.7. The van der Waals surface area contributed by atoms with Crippen LogP contribution in [0.3, 0.4) is 0 Å². The fraction of sp³-hybridized carbons (Fsp3) is 0.125. The van der Waals surface area contributed by atoms with E-state index in [1.54, 1.807) is 18.2 Å². The van der Waals surface area contributed by atoms with Gasteiger partial charge < -0.3 is 10.4 Å². The molecule has 0 aliphatic heterocycles. The van der Waals surface area contributed by atoms with Crippen LogP contribution in [0.25, 0.3) is 0 Å². The van der Waals surface area contributed by atoms with Crippen LogP contribution in [-0.4, -0.2) is 17.0 Å². The number of carbonyl (C=O) groups is 2. The summed E-state index contributed by atoms with van der Waals surface area (Å²) < 4.78 is 0. The van der Waals surface area contributed by atoms with Crippen molar-refractivity contribution in [3.05, 3.63) is 64.7 Å². The van der Waals surface area contributed by atoms with Crippen molar-refractivity contribution in [2.45, 2.75) is 13.8 Å². The van der Waals surface area contributed by atoms with Crippen molar-refractivity contribution in [1.29, 1.82) is 0 Å². The molecule has 0 aliphatic rings. The summed E-state index contributed by atoms with van der Waals surface area (Å²) in [4.78, 5) is 23.3. The number of hydrogen-bond donors (Lipinski definition) is 2. The zero-order valence-corrected chi connectivity index (χ0v) is 11.3. The van der Waals surface area contributed by atoms with Crippen molar-refractivity contribution in [1.82, 2.24) is 0 Å². The lowest BCUT2D eigenvalue weighted by Crippen LogP contribution is -2.17. The first-order valence-electron chi connectivity index (χ1n) is 6.20. The molecular weight excluding hydrogens is 254 g/mol. The van der Waals surface area contributed by atoms with Gasteiger partial charge in [-0.05, 0) is 43.2 Å². The Balaban J connectivity index is 2.34. The summed E-state index contributed by atoms with van der Waals surface area (Å²) in [6.45, 7) is 3.87. The zero-order valence-electron chi connectivity index (χ0n) is 11.3. The van der Waals surface area contributed by atoms with Crippen LogP contribution in [0.1, 0.15) is 31.8 Å². The van der Waals surface area contributed by atoms with E-state index in [0.29, 0.717) is 5.69 Å². The van der Waals surface area contributed by atoms with E-state index in [2.05, 4.69) is 5.32 Å². The molecule has 2 aromatic carbocycles. The summed E-state index contributed by atoms with van der Waals surface area (Å²) in [6, 6.07) is 11.8. The molecule has 2 rings (SSSR count). The molecule has 102 valence electrons. The number of carboxylic acids is 1. The number of rotatable bonds is 3. The number of anilines is 1. The molecule has 2 N–H and O–H groups in total. The maximum atomic E-state index is 12.2. The largest absolute Gasteiger partial charge is 0.478 e. The summed E-state index contributed by atoms with van der Waals surface area (Å²) in [5.41, 5.74) is 2.87. The summed E-state index contributed by atoms with van der Waals surface area (Å²) >= 11 is 0. The molecule has 0 bridgehead atoms. The molecule has 0 fully saturated rings. The second-order valence-electron chi connectivity index (χ2n) is 4.55.